The molecule has 5 N–H and O–H groups in total. The first-order chi connectivity index (χ1) is 9.10. The Balaban J connectivity index is 1.93. The normalized spacial score (nSPS) is 22.6. The zero-order valence-corrected chi connectivity index (χ0v) is 11.6. The van der Waals surface area contributed by atoms with Crippen LogP contribution in [0.25, 0.3) is 0 Å². The van der Waals surface area contributed by atoms with E-state index in [0.717, 1.165) is 16.3 Å². The summed E-state index contributed by atoms with van der Waals surface area (Å²) in [6.07, 6.45) is 0. The molecule has 0 saturated heterocycles. The van der Waals surface area contributed by atoms with Gasteiger partial charge in [-0.15, -0.1) is 0 Å². The van der Waals surface area contributed by atoms with Gasteiger partial charge in [0.1, 0.15) is 4.99 Å². The maximum Gasteiger partial charge on any atom is 0.145 e. The summed E-state index contributed by atoms with van der Waals surface area (Å²) in [4.78, 5) is 0.492. The second-order valence-corrected chi connectivity index (χ2v) is 6.16. The fraction of sp³-hybridized carbons (Fsp3) is 0.200. The van der Waals surface area contributed by atoms with Crippen LogP contribution in [0.1, 0.15) is 18.4 Å². The molecule has 0 fully saturated rings. The highest BCUT2D eigenvalue weighted by atomic mass is 32.2. The summed E-state index contributed by atoms with van der Waals surface area (Å²) in [5, 5.41) is 3.41. The van der Waals surface area contributed by atoms with Crippen molar-refractivity contribution in [1.29, 1.82) is 0 Å². The van der Waals surface area contributed by atoms with Crippen LogP contribution in [0.15, 0.2) is 53.4 Å². The summed E-state index contributed by atoms with van der Waals surface area (Å²) in [6.45, 7) is 2.14. The van der Waals surface area contributed by atoms with Crippen molar-refractivity contribution in [2.24, 2.45) is 5.73 Å². The number of fused-ring (bicyclic) bond motifs is 1. The van der Waals surface area contributed by atoms with Crippen molar-refractivity contribution in [2.75, 3.05) is 11.1 Å². The Morgan fingerprint density at radius 2 is 1.84 bits per heavy atom. The molecule has 1 aliphatic rings. The number of benzene rings is 2. The Hall–Kier alpha value is -1.65. The van der Waals surface area contributed by atoms with Gasteiger partial charge in [-0.3, -0.25) is 5.73 Å². The lowest BCUT2D eigenvalue weighted by Crippen LogP contribution is -2.46. The number of anilines is 2. The summed E-state index contributed by atoms with van der Waals surface area (Å²) in [5.41, 5.74) is 15.6. The van der Waals surface area contributed by atoms with Crippen molar-refractivity contribution in [3.05, 3.63) is 54.1 Å². The molecule has 3 nitrogen and oxygen atoms in total. The highest BCUT2D eigenvalue weighted by Gasteiger charge is 2.40. The molecular weight excluding hydrogens is 254 g/mol. The van der Waals surface area contributed by atoms with Gasteiger partial charge >= 0.3 is 0 Å². The fourth-order valence-corrected chi connectivity index (χ4v) is 3.58. The molecule has 19 heavy (non-hydrogen) atoms. The lowest BCUT2D eigenvalue weighted by Gasteiger charge is -2.31. The molecule has 0 aliphatic carbocycles. The van der Waals surface area contributed by atoms with Gasteiger partial charge in [-0.05, 0) is 17.7 Å². The standard InChI is InChI=1S/C15H17N3S/c1-10(11-6-3-2-4-7-11)15(17)18-13-9-5-8-12(16)14(13)19-15/h2-10,18H,16-17H2,1H3. The highest BCUT2D eigenvalue weighted by molar-refractivity contribution is 8.01. The predicted octanol–water partition coefficient (Wildman–Crippen LogP) is 3.20. The fourth-order valence-electron chi connectivity index (χ4n) is 2.36. The van der Waals surface area contributed by atoms with Crippen LogP contribution in [-0.4, -0.2) is 4.99 Å². The molecule has 2 aromatic rings. The van der Waals surface area contributed by atoms with Gasteiger partial charge in [0, 0.05) is 11.6 Å². The Kier molecular flexibility index (Phi) is 2.92. The van der Waals surface area contributed by atoms with Gasteiger partial charge in [-0.1, -0.05) is 55.1 Å². The Bertz CT molecular complexity index is 600. The molecule has 2 atom stereocenters. The number of thioether (sulfide) groups is 1. The average molecular weight is 271 g/mol. The molecule has 2 aromatic carbocycles. The maximum atomic E-state index is 6.55. The minimum Gasteiger partial charge on any atom is -0.398 e. The van der Waals surface area contributed by atoms with Crippen molar-refractivity contribution >= 4 is 23.1 Å². The monoisotopic (exact) mass is 271 g/mol. The smallest absolute Gasteiger partial charge is 0.145 e. The minimum atomic E-state index is -0.556. The largest absolute Gasteiger partial charge is 0.398 e. The lowest BCUT2D eigenvalue weighted by atomic mass is 9.98. The van der Waals surface area contributed by atoms with Crippen molar-refractivity contribution < 1.29 is 0 Å². The number of nitrogens with two attached hydrogens (primary N) is 2. The van der Waals surface area contributed by atoms with Crippen LogP contribution >= 0.6 is 11.8 Å². The summed E-state index contributed by atoms with van der Waals surface area (Å²) in [6, 6.07) is 16.2. The average Bonchev–Trinajstić information content (AvgIpc) is 2.78. The Morgan fingerprint density at radius 1 is 1.11 bits per heavy atom. The van der Waals surface area contributed by atoms with Crippen LogP contribution in [-0.2, 0) is 0 Å². The van der Waals surface area contributed by atoms with Gasteiger partial charge < -0.3 is 11.1 Å². The minimum absolute atomic E-state index is 0.172. The van der Waals surface area contributed by atoms with Crippen molar-refractivity contribution in [1.82, 2.24) is 0 Å². The van der Waals surface area contributed by atoms with E-state index in [4.69, 9.17) is 11.5 Å². The van der Waals surface area contributed by atoms with Crippen molar-refractivity contribution in [3.8, 4) is 0 Å². The third-order valence-corrected chi connectivity index (χ3v) is 5.04. The molecule has 3 rings (SSSR count). The van der Waals surface area contributed by atoms with Gasteiger partial charge in [-0.2, -0.15) is 0 Å². The molecule has 1 aliphatic heterocycles. The van der Waals surface area contributed by atoms with E-state index in [-0.39, 0.29) is 5.92 Å². The van der Waals surface area contributed by atoms with Crippen LogP contribution in [0.5, 0.6) is 0 Å². The molecule has 0 amide bonds. The Labute approximate surface area is 117 Å². The van der Waals surface area contributed by atoms with E-state index >= 15 is 0 Å². The van der Waals surface area contributed by atoms with Gasteiger partial charge in [0.2, 0.25) is 0 Å². The zero-order chi connectivity index (χ0) is 13.5. The van der Waals surface area contributed by atoms with E-state index in [1.54, 1.807) is 11.8 Å². The van der Waals surface area contributed by atoms with Crippen LogP contribution in [0, 0.1) is 0 Å². The number of rotatable bonds is 2. The van der Waals surface area contributed by atoms with E-state index in [0.29, 0.717) is 0 Å². The first kappa shape index (κ1) is 12.4. The molecule has 4 heteroatoms. The second-order valence-electron chi connectivity index (χ2n) is 4.88. The molecule has 0 bridgehead atoms. The van der Waals surface area contributed by atoms with E-state index in [1.165, 1.54) is 5.56 Å². The Morgan fingerprint density at radius 3 is 2.53 bits per heavy atom. The second kappa shape index (κ2) is 4.47. The van der Waals surface area contributed by atoms with Gasteiger partial charge in [0.05, 0.1) is 10.6 Å². The predicted molar refractivity (Wildman–Crippen MR) is 82.1 cm³/mol. The number of hydrogen-bond donors (Lipinski definition) is 3. The van der Waals surface area contributed by atoms with Crippen LogP contribution in [0.3, 0.4) is 0 Å². The van der Waals surface area contributed by atoms with Crippen molar-refractivity contribution in [3.63, 3.8) is 0 Å². The molecular formula is C15H17N3S. The summed E-state index contributed by atoms with van der Waals surface area (Å²) in [5.74, 6) is 0.172. The summed E-state index contributed by atoms with van der Waals surface area (Å²) >= 11 is 1.61. The van der Waals surface area contributed by atoms with Gasteiger partial charge in [0.15, 0.2) is 0 Å². The lowest BCUT2D eigenvalue weighted by molar-refractivity contribution is 0.581. The topological polar surface area (TPSA) is 64.1 Å². The summed E-state index contributed by atoms with van der Waals surface area (Å²) < 4.78 is 0. The summed E-state index contributed by atoms with van der Waals surface area (Å²) in [7, 11) is 0. The van der Waals surface area contributed by atoms with Gasteiger partial charge in [0.25, 0.3) is 0 Å². The van der Waals surface area contributed by atoms with Gasteiger partial charge in [-0.25, -0.2) is 0 Å². The van der Waals surface area contributed by atoms with Crippen LogP contribution < -0.4 is 16.8 Å². The molecule has 0 spiro atoms. The van der Waals surface area contributed by atoms with Crippen LogP contribution in [0.4, 0.5) is 11.4 Å². The quantitative estimate of drug-likeness (QED) is 0.734. The van der Waals surface area contributed by atoms with E-state index < -0.39 is 4.99 Å². The molecule has 0 saturated carbocycles. The van der Waals surface area contributed by atoms with Crippen LogP contribution in [0.2, 0.25) is 0 Å². The van der Waals surface area contributed by atoms with E-state index in [9.17, 15) is 0 Å². The SMILES string of the molecule is CC(c1ccccc1)C1(N)Nc2cccc(N)c2S1. The number of nitrogens with one attached hydrogen (secondary N) is 1. The molecule has 98 valence electrons. The van der Waals surface area contributed by atoms with E-state index in [2.05, 4.69) is 24.4 Å². The third kappa shape index (κ3) is 2.07. The molecule has 2 unspecified atom stereocenters. The maximum absolute atomic E-state index is 6.55. The third-order valence-electron chi connectivity index (χ3n) is 3.59. The van der Waals surface area contributed by atoms with E-state index in [1.807, 2.05) is 36.4 Å². The molecule has 0 aromatic heterocycles. The zero-order valence-electron chi connectivity index (χ0n) is 10.8. The first-order valence-corrected chi connectivity index (χ1v) is 7.11. The number of hydrogen-bond acceptors (Lipinski definition) is 4. The first-order valence-electron chi connectivity index (χ1n) is 6.29. The van der Waals surface area contributed by atoms with Crippen molar-refractivity contribution in [2.45, 2.75) is 22.7 Å². The number of nitrogen functional groups attached to an aromatic ring is 1. The molecule has 1 heterocycles. The molecule has 0 radical (unpaired) electrons. The highest BCUT2D eigenvalue weighted by Crippen LogP contribution is 2.50.